The molecule has 0 bridgehead atoms. The van der Waals surface area contributed by atoms with E-state index >= 15 is 0 Å². The lowest BCUT2D eigenvalue weighted by Gasteiger charge is -2.26. The Morgan fingerprint density at radius 2 is 2.44 bits per heavy atom. The topological polar surface area (TPSA) is 41.1 Å². The van der Waals surface area contributed by atoms with Crippen LogP contribution in [-0.4, -0.2) is 40.5 Å². The molecule has 0 radical (unpaired) electrons. The third-order valence-corrected chi connectivity index (χ3v) is 3.16. The first-order chi connectivity index (χ1) is 7.79. The summed E-state index contributed by atoms with van der Waals surface area (Å²) in [6.07, 6.45) is 3.09. The van der Waals surface area contributed by atoms with Gasteiger partial charge in [0.25, 0.3) is 0 Å². The summed E-state index contributed by atoms with van der Waals surface area (Å²) in [4.78, 5) is 11.1. The highest BCUT2D eigenvalue weighted by molar-refractivity contribution is 5.02. The monoisotopic (exact) mass is 220 g/mol. The van der Waals surface area contributed by atoms with Gasteiger partial charge in [-0.05, 0) is 32.5 Å². The summed E-state index contributed by atoms with van der Waals surface area (Å²) < 4.78 is 0. The molecule has 2 rings (SSSR count). The van der Waals surface area contributed by atoms with Gasteiger partial charge in [-0.1, -0.05) is 6.92 Å². The lowest BCUT2D eigenvalue weighted by molar-refractivity contribution is 0.207. The third kappa shape index (κ3) is 2.77. The van der Waals surface area contributed by atoms with E-state index in [4.69, 9.17) is 0 Å². The maximum Gasteiger partial charge on any atom is 0.125 e. The van der Waals surface area contributed by atoms with E-state index in [9.17, 15) is 0 Å². The Morgan fingerprint density at radius 1 is 1.56 bits per heavy atom. The molecule has 1 aliphatic heterocycles. The van der Waals surface area contributed by atoms with Gasteiger partial charge in [-0.3, -0.25) is 4.90 Å². The summed E-state index contributed by atoms with van der Waals surface area (Å²) in [6, 6.07) is 2.68. The van der Waals surface area contributed by atoms with Crippen LogP contribution in [0.15, 0.2) is 12.3 Å². The van der Waals surface area contributed by atoms with Crippen molar-refractivity contribution in [3.8, 4) is 0 Å². The second-order valence-electron chi connectivity index (χ2n) is 4.30. The van der Waals surface area contributed by atoms with Crippen LogP contribution in [0.1, 0.15) is 24.9 Å². The Labute approximate surface area is 97.1 Å². The summed E-state index contributed by atoms with van der Waals surface area (Å²) in [5.41, 5.74) is 1.13. The van der Waals surface area contributed by atoms with E-state index < -0.39 is 0 Å². The molecular weight excluding hydrogens is 200 g/mol. The smallest absolute Gasteiger partial charge is 0.125 e. The van der Waals surface area contributed by atoms with E-state index in [-0.39, 0.29) is 0 Å². The van der Waals surface area contributed by atoms with Gasteiger partial charge in [0.1, 0.15) is 5.82 Å². The van der Waals surface area contributed by atoms with Crippen molar-refractivity contribution in [2.24, 2.45) is 0 Å². The van der Waals surface area contributed by atoms with Gasteiger partial charge in [0.15, 0.2) is 0 Å². The highest BCUT2D eigenvalue weighted by Gasteiger charge is 2.21. The van der Waals surface area contributed by atoms with Crippen molar-refractivity contribution in [1.82, 2.24) is 20.2 Å². The number of hydrogen-bond donors (Lipinski definition) is 1. The first-order valence-corrected chi connectivity index (χ1v) is 6.03. The molecule has 1 aromatic rings. The van der Waals surface area contributed by atoms with Crippen LogP contribution in [0, 0.1) is 6.92 Å². The third-order valence-electron chi connectivity index (χ3n) is 3.16. The molecule has 0 aromatic carbocycles. The number of rotatable bonds is 4. The average Bonchev–Trinajstić information content (AvgIpc) is 2.79. The fourth-order valence-corrected chi connectivity index (χ4v) is 2.25. The van der Waals surface area contributed by atoms with E-state index in [2.05, 4.69) is 27.1 Å². The summed E-state index contributed by atoms with van der Waals surface area (Å²) in [6.45, 7) is 8.42. The van der Waals surface area contributed by atoms with Gasteiger partial charge in [-0.2, -0.15) is 0 Å². The lowest BCUT2D eigenvalue weighted by Crippen LogP contribution is -2.36. The minimum absolute atomic E-state index is 0.667. The fourth-order valence-electron chi connectivity index (χ4n) is 2.25. The second-order valence-corrected chi connectivity index (χ2v) is 4.30. The predicted molar refractivity (Wildman–Crippen MR) is 64.1 cm³/mol. The summed E-state index contributed by atoms with van der Waals surface area (Å²) in [7, 11) is 0. The molecule has 1 unspecified atom stereocenters. The standard InChI is InChI=1S/C12H20N4/c1-3-16(12-5-6-13-8-12)9-11-4-7-14-10(2)15-11/h4,7,12-13H,3,5-6,8-9H2,1-2H3. The van der Waals surface area contributed by atoms with E-state index in [1.165, 1.54) is 6.42 Å². The maximum atomic E-state index is 4.46. The van der Waals surface area contributed by atoms with Crippen LogP contribution >= 0.6 is 0 Å². The van der Waals surface area contributed by atoms with E-state index in [1.54, 1.807) is 0 Å². The Kier molecular flexibility index (Phi) is 3.85. The van der Waals surface area contributed by atoms with E-state index in [0.717, 1.165) is 37.7 Å². The molecule has 4 heteroatoms. The molecule has 1 aromatic heterocycles. The highest BCUT2D eigenvalue weighted by Crippen LogP contribution is 2.11. The molecule has 0 saturated carbocycles. The minimum Gasteiger partial charge on any atom is -0.315 e. The minimum atomic E-state index is 0.667. The van der Waals surface area contributed by atoms with Gasteiger partial charge < -0.3 is 5.32 Å². The number of aryl methyl sites for hydroxylation is 1. The molecule has 1 atom stereocenters. The second kappa shape index (κ2) is 5.37. The number of nitrogens with zero attached hydrogens (tertiary/aromatic N) is 3. The Balaban J connectivity index is 2.00. The molecular formula is C12H20N4. The van der Waals surface area contributed by atoms with Crippen LogP contribution in [0.2, 0.25) is 0 Å². The van der Waals surface area contributed by atoms with Crippen molar-refractivity contribution >= 4 is 0 Å². The van der Waals surface area contributed by atoms with Crippen molar-refractivity contribution in [1.29, 1.82) is 0 Å². The Bertz CT molecular complexity index is 334. The molecule has 88 valence electrons. The summed E-state index contributed by atoms with van der Waals surface area (Å²) in [5.74, 6) is 0.859. The first kappa shape index (κ1) is 11.5. The molecule has 0 spiro atoms. The molecule has 0 amide bonds. The van der Waals surface area contributed by atoms with Gasteiger partial charge in [0, 0.05) is 25.3 Å². The van der Waals surface area contributed by atoms with Crippen LogP contribution in [-0.2, 0) is 6.54 Å². The largest absolute Gasteiger partial charge is 0.315 e. The Morgan fingerprint density at radius 3 is 3.06 bits per heavy atom. The molecule has 1 N–H and O–H groups in total. The summed E-state index contributed by atoms with van der Waals surface area (Å²) in [5, 5.41) is 3.41. The van der Waals surface area contributed by atoms with Crippen LogP contribution in [0.5, 0.6) is 0 Å². The van der Waals surface area contributed by atoms with Crippen molar-refractivity contribution in [3.63, 3.8) is 0 Å². The number of hydrogen-bond acceptors (Lipinski definition) is 4. The van der Waals surface area contributed by atoms with Gasteiger partial charge in [-0.15, -0.1) is 0 Å². The van der Waals surface area contributed by atoms with Crippen molar-refractivity contribution in [3.05, 3.63) is 23.8 Å². The quantitative estimate of drug-likeness (QED) is 0.821. The average molecular weight is 220 g/mol. The highest BCUT2D eigenvalue weighted by atomic mass is 15.2. The Hall–Kier alpha value is -1.00. The van der Waals surface area contributed by atoms with Crippen LogP contribution in [0.25, 0.3) is 0 Å². The van der Waals surface area contributed by atoms with Gasteiger partial charge in [-0.25, -0.2) is 9.97 Å². The molecule has 0 aliphatic carbocycles. The predicted octanol–water partition coefficient (Wildman–Crippen LogP) is 0.969. The molecule has 1 saturated heterocycles. The fraction of sp³-hybridized carbons (Fsp3) is 0.667. The van der Waals surface area contributed by atoms with Crippen molar-refractivity contribution in [2.45, 2.75) is 32.9 Å². The zero-order valence-electron chi connectivity index (χ0n) is 10.1. The molecule has 4 nitrogen and oxygen atoms in total. The lowest BCUT2D eigenvalue weighted by atomic mass is 10.2. The number of nitrogens with one attached hydrogen (secondary N) is 1. The maximum absolute atomic E-state index is 4.46. The molecule has 16 heavy (non-hydrogen) atoms. The zero-order chi connectivity index (χ0) is 11.4. The van der Waals surface area contributed by atoms with Gasteiger partial charge >= 0.3 is 0 Å². The van der Waals surface area contributed by atoms with Crippen LogP contribution < -0.4 is 5.32 Å². The van der Waals surface area contributed by atoms with E-state index in [0.29, 0.717) is 6.04 Å². The number of aromatic nitrogens is 2. The van der Waals surface area contributed by atoms with Crippen LogP contribution in [0.4, 0.5) is 0 Å². The molecule has 1 fully saturated rings. The van der Waals surface area contributed by atoms with E-state index in [1.807, 2.05) is 19.2 Å². The molecule has 2 heterocycles. The molecule has 1 aliphatic rings. The van der Waals surface area contributed by atoms with Crippen molar-refractivity contribution in [2.75, 3.05) is 19.6 Å². The van der Waals surface area contributed by atoms with Crippen molar-refractivity contribution < 1.29 is 0 Å². The summed E-state index contributed by atoms with van der Waals surface area (Å²) >= 11 is 0. The number of likely N-dealkylation sites (N-methyl/N-ethyl adjacent to an activating group) is 1. The normalized spacial score (nSPS) is 20.6. The van der Waals surface area contributed by atoms with Crippen LogP contribution in [0.3, 0.4) is 0 Å². The zero-order valence-corrected chi connectivity index (χ0v) is 10.1. The van der Waals surface area contributed by atoms with Gasteiger partial charge in [0.2, 0.25) is 0 Å². The first-order valence-electron chi connectivity index (χ1n) is 6.03. The SMILES string of the molecule is CCN(Cc1ccnc(C)n1)C1CCNC1. The van der Waals surface area contributed by atoms with Gasteiger partial charge in [0.05, 0.1) is 5.69 Å².